The third-order valence-corrected chi connectivity index (χ3v) is 6.71. The number of amides is 3. The number of hydrogen-bond donors (Lipinski definition) is 2. The van der Waals surface area contributed by atoms with E-state index in [1.54, 1.807) is 57.0 Å². The van der Waals surface area contributed by atoms with Crippen molar-refractivity contribution in [3.8, 4) is 5.75 Å². The second-order valence-corrected chi connectivity index (χ2v) is 11.7. The Morgan fingerprint density at radius 1 is 0.949 bits per heavy atom. The van der Waals surface area contributed by atoms with Crippen LogP contribution in [0.5, 0.6) is 5.75 Å². The third kappa shape index (κ3) is 8.47. The number of nitrogens with zero attached hydrogens (tertiary/aromatic N) is 1. The molecule has 2 atom stereocenters. The van der Waals surface area contributed by atoms with Gasteiger partial charge in [0.1, 0.15) is 23.4 Å². The zero-order chi connectivity index (χ0) is 29.5. The molecule has 0 aliphatic heterocycles. The van der Waals surface area contributed by atoms with E-state index in [1.807, 2.05) is 65.8 Å². The molecule has 2 rings (SSSR count). The lowest BCUT2D eigenvalue weighted by Gasteiger charge is -2.45. The van der Waals surface area contributed by atoms with Gasteiger partial charge in [-0.2, -0.15) is 0 Å². The highest BCUT2D eigenvalue weighted by molar-refractivity contribution is 5.99. The highest BCUT2D eigenvalue weighted by Crippen LogP contribution is 2.35. The first-order valence-corrected chi connectivity index (χ1v) is 13.4. The van der Waals surface area contributed by atoms with Crippen LogP contribution in [-0.4, -0.2) is 47.1 Å². The van der Waals surface area contributed by atoms with Crippen molar-refractivity contribution in [3.63, 3.8) is 0 Å². The number of benzene rings is 2. The van der Waals surface area contributed by atoms with E-state index in [2.05, 4.69) is 10.6 Å². The number of carbonyl (C=O) groups is 3. The first-order chi connectivity index (χ1) is 18.1. The summed E-state index contributed by atoms with van der Waals surface area (Å²) in [5.74, 6) is -0.312. The lowest BCUT2D eigenvalue weighted by molar-refractivity contribution is -0.148. The minimum absolute atomic E-state index is 0.262. The zero-order valence-corrected chi connectivity index (χ0v) is 25.0. The van der Waals surface area contributed by atoms with E-state index in [-0.39, 0.29) is 17.7 Å². The van der Waals surface area contributed by atoms with E-state index in [1.165, 1.54) is 0 Å². The molecular formula is C31H45N3O5. The van der Waals surface area contributed by atoms with Gasteiger partial charge in [0, 0.05) is 11.2 Å². The van der Waals surface area contributed by atoms with Crippen molar-refractivity contribution in [2.24, 2.45) is 5.92 Å². The molecule has 8 heteroatoms. The molecule has 0 aromatic heterocycles. The molecular weight excluding hydrogens is 494 g/mol. The first kappa shape index (κ1) is 31.7. The lowest BCUT2D eigenvalue weighted by Crippen LogP contribution is -2.60. The zero-order valence-electron chi connectivity index (χ0n) is 25.0. The van der Waals surface area contributed by atoms with Crippen LogP contribution in [0.2, 0.25) is 0 Å². The van der Waals surface area contributed by atoms with Crippen molar-refractivity contribution >= 4 is 23.6 Å². The summed E-state index contributed by atoms with van der Waals surface area (Å²) in [5.41, 5.74) is 0.702. The molecule has 0 fully saturated rings. The van der Waals surface area contributed by atoms with Crippen LogP contribution in [0, 0.1) is 12.8 Å². The van der Waals surface area contributed by atoms with Crippen LogP contribution in [0.4, 0.5) is 10.5 Å². The number of alkyl carbamates (subject to hydrolysis) is 1. The van der Waals surface area contributed by atoms with Crippen LogP contribution in [0.3, 0.4) is 0 Å². The number of anilines is 1. The van der Waals surface area contributed by atoms with E-state index in [9.17, 15) is 14.4 Å². The SMILES string of the molecule is CCC(C)(C)N(C(=O)C(NC(=O)OC(C)(C)C)C(C)C)C(C(=O)Nc1ccc(OC)cc1)c1ccccc1C. The Morgan fingerprint density at radius 2 is 1.54 bits per heavy atom. The van der Waals surface area contributed by atoms with Crippen molar-refractivity contribution in [1.82, 2.24) is 10.2 Å². The Kier molecular flexibility index (Phi) is 10.6. The average Bonchev–Trinajstić information content (AvgIpc) is 2.85. The topological polar surface area (TPSA) is 97.0 Å². The van der Waals surface area contributed by atoms with Crippen molar-refractivity contribution in [3.05, 3.63) is 59.7 Å². The minimum atomic E-state index is -0.961. The maximum atomic E-state index is 14.4. The normalized spacial score (nSPS) is 13.3. The van der Waals surface area contributed by atoms with Crippen LogP contribution in [0.25, 0.3) is 0 Å². The molecule has 3 amide bonds. The summed E-state index contributed by atoms with van der Waals surface area (Å²) in [6, 6.07) is 12.7. The van der Waals surface area contributed by atoms with Gasteiger partial charge in [-0.05, 0) is 89.3 Å². The molecule has 214 valence electrons. The predicted molar refractivity (Wildman–Crippen MR) is 155 cm³/mol. The fraction of sp³-hybridized carbons (Fsp3) is 0.516. The molecule has 2 aromatic carbocycles. The van der Waals surface area contributed by atoms with Gasteiger partial charge in [0.05, 0.1) is 7.11 Å². The Labute approximate surface area is 233 Å². The van der Waals surface area contributed by atoms with Crippen molar-refractivity contribution in [2.75, 3.05) is 12.4 Å². The highest BCUT2D eigenvalue weighted by Gasteiger charge is 2.44. The lowest BCUT2D eigenvalue weighted by atomic mass is 9.89. The molecule has 0 bridgehead atoms. The van der Waals surface area contributed by atoms with Crippen molar-refractivity contribution < 1.29 is 23.9 Å². The number of rotatable bonds is 10. The van der Waals surface area contributed by atoms with Gasteiger partial charge >= 0.3 is 6.09 Å². The van der Waals surface area contributed by atoms with Gasteiger partial charge in [-0.1, -0.05) is 45.0 Å². The Hall–Kier alpha value is -3.55. The summed E-state index contributed by atoms with van der Waals surface area (Å²) >= 11 is 0. The van der Waals surface area contributed by atoms with Crippen LogP contribution < -0.4 is 15.4 Å². The smallest absolute Gasteiger partial charge is 0.408 e. The molecule has 2 aromatic rings. The van der Waals surface area contributed by atoms with E-state index in [4.69, 9.17) is 9.47 Å². The summed E-state index contributed by atoms with van der Waals surface area (Å²) in [6.45, 7) is 16.8. The molecule has 0 aliphatic carbocycles. The molecule has 0 heterocycles. The average molecular weight is 540 g/mol. The summed E-state index contributed by atoms with van der Waals surface area (Å²) in [7, 11) is 1.58. The van der Waals surface area contributed by atoms with Gasteiger partial charge in [0.2, 0.25) is 5.91 Å². The van der Waals surface area contributed by atoms with E-state index in [0.717, 1.165) is 5.56 Å². The molecule has 0 saturated heterocycles. The Balaban J connectivity index is 2.62. The number of aryl methyl sites for hydroxylation is 1. The monoisotopic (exact) mass is 539 g/mol. The van der Waals surface area contributed by atoms with Crippen molar-refractivity contribution in [1.29, 1.82) is 0 Å². The maximum absolute atomic E-state index is 14.4. The van der Waals surface area contributed by atoms with Gasteiger partial charge in [-0.15, -0.1) is 0 Å². The van der Waals surface area contributed by atoms with Gasteiger partial charge in [-0.25, -0.2) is 4.79 Å². The number of methoxy groups -OCH3 is 1. The van der Waals surface area contributed by atoms with Gasteiger partial charge in [0.25, 0.3) is 5.91 Å². The fourth-order valence-corrected chi connectivity index (χ4v) is 4.22. The molecule has 39 heavy (non-hydrogen) atoms. The molecule has 0 radical (unpaired) electrons. The quantitative estimate of drug-likeness (QED) is 0.372. The van der Waals surface area contributed by atoms with Crippen LogP contribution in [-0.2, 0) is 14.3 Å². The number of hydrogen-bond acceptors (Lipinski definition) is 5. The molecule has 0 saturated carbocycles. The molecule has 2 unspecified atom stereocenters. The van der Waals surface area contributed by atoms with E-state index >= 15 is 0 Å². The number of nitrogens with one attached hydrogen (secondary N) is 2. The minimum Gasteiger partial charge on any atom is -0.497 e. The van der Waals surface area contributed by atoms with Crippen molar-refractivity contribution in [2.45, 2.75) is 92.0 Å². The largest absolute Gasteiger partial charge is 0.497 e. The maximum Gasteiger partial charge on any atom is 0.408 e. The van der Waals surface area contributed by atoms with Gasteiger partial charge in [0.15, 0.2) is 0 Å². The van der Waals surface area contributed by atoms with Crippen LogP contribution in [0.1, 0.15) is 79.0 Å². The molecule has 0 aliphatic rings. The third-order valence-electron chi connectivity index (χ3n) is 6.71. The summed E-state index contributed by atoms with van der Waals surface area (Å²) < 4.78 is 10.7. The fourth-order valence-electron chi connectivity index (χ4n) is 4.22. The van der Waals surface area contributed by atoms with Gasteiger partial charge < -0.3 is 25.0 Å². The number of carbonyl (C=O) groups excluding carboxylic acids is 3. The van der Waals surface area contributed by atoms with Gasteiger partial charge in [-0.3, -0.25) is 9.59 Å². The van der Waals surface area contributed by atoms with E-state index in [0.29, 0.717) is 23.4 Å². The number of ether oxygens (including phenoxy) is 2. The summed E-state index contributed by atoms with van der Waals surface area (Å²) in [4.78, 5) is 42.9. The van der Waals surface area contributed by atoms with Crippen LogP contribution in [0.15, 0.2) is 48.5 Å². The Bertz CT molecular complexity index is 1140. The van der Waals surface area contributed by atoms with E-state index < -0.39 is 29.3 Å². The second-order valence-electron chi connectivity index (χ2n) is 11.7. The predicted octanol–water partition coefficient (Wildman–Crippen LogP) is 6.25. The molecule has 0 spiro atoms. The molecule has 2 N–H and O–H groups in total. The van der Waals surface area contributed by atoms with Crippen LogP contribution >= 0.6 is 0 Å². The summed E-state index contributed by atoms with van der Waals surface area (Å²) in [5, 5.41) is 5.76. The first-order valence-electron chi connectivity index (χ1n) is 13.4. The second kappa shape index (κ2) is 13.0. The standard InChI is InChI=1S/C31H45N3O5/c1-11-31(8,9)34(28(36)25(20(2)3)33-29(37)39-30(5,6)7)26(24-15-13-12-14-21(24)4)27(35)32-22-16-18-23(38-10)19-17-22/h12-20,25-26H,11H2,1-10H3,(H,32,35)(H,33,37). The molecule has 8 nitrogen and oxygen atoms in total. The Morgan fingerprint density at radius 3 is 2.03 bits per heavy atom. The summed E-state index contributed by atoms with van der Waals surface area (Å²) in [6.07, 6.45) is -0.104. The highest BCUT2D eigenvalue weighted by atomic mass is 16.6.